The van der Waals surface area contributed by atoms with Gasteiger partial charge in [-0.1, -0.05) is 0 Å². The molecule has 0 fully saturated rings. The molecule has 0 aromatic heterocycles. The van der Waals surface area contributed by atoms with Crippen LogP contribution < -0.4 is 0 Å². The fourth-order valence-corrected chi connectivity index (χ4v) is 0.0577. The lowest BCUT2D eigenvalue weighted by Gasteiger charge is -1.96. The van der Waals surface area contributed by atoms with Crippen LogP contribution in [-0.4, -0.2) is 51.5 Å². The van der Waals surface area contributed by atoms with E-state index in [-0.39, 0.29) is 19.0 Å². The third-order valence-electron chi connectivity index (χ3n) is 0.557. The van der Waals surface area contributed by atoms with Crippen molar-refractivity contribution in [3.8, 4) is 0 Å². The van der Waals surface area contributed by atoms with Crippen molar-refractivity contribution in [1.82, 2.24) is 0 Å². The number of hydrogen-bond donors (Lipinski definition) is 5. The second-order valence-corrected chi connectivity index (χ2v) is 1.89. The fraction of sp³-hybridized carbons (Fsp3) is 0.800. The van der Waals surface area contributed by atoms with Gasteiger partial charge in [-0.05, 0) is 0 Å². The highest BCUT2D eigenvalue weighted by Crippen LogP contribution is 1.71. The molecule has 6 heteroatoms. The maximum atomic E-state index is 9.29. The highest BCUT2D eigenvalue weighted by atomic mass is 32.1. The zero-order chi connectivity index (χ0) is 9.28. The number of thiol groups is 1. The molecule has 0 aliphatic heterocycles. The summed E-state index contributed by atoms with van der Waals surface area (Å²) in [4.78, 5) is 9.29. The van der Waals surface area contributed by atoms with Crippen molar-refractivity contribution in [3.05, 3.63) is 0 Å². The summed E-state index contributed by atoms with van der Waals surface area (Å²) in [5.41, 5.74) is 0. The Kier molecular flexibility index (Phi) is 11.7. The molecule has 0 rings (SSSR count). The number of rotatable bonds is 3. The van der Waals surface area contributed by atoms with Crippen LogP contribution in [0.25, 0.3) is 0 Å². The van der Waals surface area contributed by atoms with E-state index in [0.29, 0.717) is 0 Å². The Bertz CT molecular complexity index is 92.9. The summed E-state index contributed by atoms with van der Waals surface area (Å²) in [5.74, 6) is -0.965. The molecule has 0 saturated heterocycles. The Hall–Kier alpha value is -0.300. The molecule has 0 amide bonds. The van der Waals surface area contributed by atoms with Crippen LogP contribution in [-0.2, 0) is 4.79 Å². The van der Waals surface area contributed by atoms with E-state index in [0.717, 1.165) is 0 Å². The first-order chi connectivity index (χ1) is 5.08. The van der Waals surface area contributed by atoms with Crippen molar-refractivity contribution in [1.29, 1.82) is 0 Å². The number of carboxylic acid groups (broad SMARTS) is 1. The van der Waals surface area contributed by atoms with Gasteiger partial charge in [0.25, 0.3) is 0 Å². The van der Waals surface area contributed by atoms with Gasteiger partial charge in [-0.15, -0.1) is 0 Å². The summed E-state index contributed by atoms with van der Waals surface area (Å²) in [6, 6.07) is 0. The monoisotopic (exact) mass is 184 g/mol. The highest BCUT2D eigenvalue weighted by Gasteiger charge is 1.93. The van der Waals surface area contributed by atoms with E-state index in [1.807, 2.05) is 0 Å². The summed E-state index contributed by atoms with van der Waals surface area (Å²) in [6.45, 7) is -0.729. The summed E-state index contributed by atoms with van der Waals surface area (Å²) in [5, 5.41) is 31.7. The van der Waals surface area contributed by atoms with Crippen molar-refractivity contribution >= 4 is 18.6 Å². The number of carboxylic acids is 1. The van der Waals surface area contributed by atoms with E-state index in [1.54, 1.807) is 0 Å². The zero-order valence-electron chi connectivity index (χ0n) is 5.84. The van der Waals surface area contributed by atoms with Crippen LogP contribution in [0.4, 0.5) is 0 Å². The third-order valence-corrected chi connectivity index (χ3v) is 0.827. The van der Waals surface area contributed by atoms with Gasteiger partial charge in [-0.25, -0.2) is 0 Å². The van der Waals surface area contributed by atoms with Crippen molar-refractivity contribution in [2.75, 3.05) is 19.0 Å². The molecule has 4 N–H and O–H groups in total. The smallest absolute Gasteiger partial charge is 0.313 e. The zero-order valence-corrected chi connectivity index (χ0v) is 6.74. The fourth-order valence-electron chi connectivity index (χ4n) is 0.0577. The normalized spacial score (nSPS) is 8.82. The molecule has 0 radical (unpaired) electrons. The van der Waals surface area contributed by atoms with Crippen molar-refractivity contribution in [2.45, 2.75) is 6.10 Å². The van der Waals surface area contributed by atoms with Gasteiger partial charge >= 0.3 is 5.97 Å². The van der Waals surface area contributed by atoms with Crippen LogP contribution in [0, 0.1) is 0 Å². The number of hydrogen-bond acceptors (Lipinski definition) is 5. The average Bonchev–Trinajstić information content (AvgIpc) is 2.04. The number of carbonyl (C=O) groups is 1. The molecule has 11 heavy (non-hydrogen) atoms. The first kappa shape index (κ1) is 13.3. The SMILES string of the molecule is O=C(O)CS.OCC(O)CO. The van der Waals surface area contributed by atoms with E-state index in [2.05, 4.69) is 12.6 Å². The van der Waals surface area contributed by atoms with Crippen LogP contribution >= 0.6 is 12.6 Å². The van der Waals surface area contributed by atoms with Crippen LogP contribution in [0.2, 0.25) is 0 Å². The summed E-state index contributed by atoms with van der Waals surface area (Å²) in [7, 11) is 0. The van der Waals surface area contributed by atoms with Crippen LogP contribution in [0.1, 0.15) is 0 Å². The van der Waals surface area contributed by atoms with Gasteiger partial charge in [0, 0.05) is 0 Å². The minimum absolute atomic E-state index is 0.0833. The molecule has 0 saturated carbocycles. The lowest BCUT2D eigenvalue weighted by Crippen LogP contribution is -2.15. The van der Waals surface area contributed by atoms with Gasteiger partial charge in [-0.2, -0.15) is 12.6 Å². The maximum Gasteiger partial charge on any atom is 0.313 e. The molecule has 0 atom stereocenters. The Morgan fingerprint density at radius 2 is 1.64 bits per heavy atom. The second-order valence-electron chi connectivity index (χ2n) is 1.57. The molecule has 0 aliphatic carbocycles. The number of aliphatic hydroxyl groups excluding tert-OH is 3. The van der Waals surface area contributed by atoms with Crippen molar-refractivity contribution in [2.24, 2.45) is 0 Å². The number of aliphatic carboxylic acids is 1. The van der Waals surface area contributed by atoms with E-state index in [1.165, 1.54) is 0 Å². The van der Waals surface area contributed by atoms with Crippen molar-refractivity contribution in [3.63, 3.8) is 0 Å². The van der Waals surface area contributed by atoms with Crippen LogP contribution in [0.15, 0.2) is 0 Å². The van der Waals surface area contributed by atoms with Gasteiger partial charge in [0.1, 0.15) is 6.10 Å². The Morgan fingerprint density at radius 1 is 1.36 bits per heavy atom. The minimum Gasteiger partial charge on any atom is -0.481 e. The molecule has 68 valence electrons. The van der Waals surface area contributed by atoms with Gasteiger partial charge in [0.2, 0.25) is 0 Å². The molecule has 0 heterocycles. The Morgan fingerprint density at radius 3 is 1.64 bits per heavy atom. The quantitative estimate of drug-likeness (QED) is 0.338. The standard InChI is InChI=1S/C3H8O3.C2H4O2S/c4-1-3(6)2-5;3-2(4)1-5/h3-6H,1-2H2;5H,1H2,(H,3,4). The van der Waals surface area contributed by atoms with Gasteiger partial charge < -0.3 is 20.4 Å². The maximum absolute atomic E-state index is 9.29. The lowest BCUT2D eigenvalue weighted by molar-refractivity contribution is -0.133. The molecule has 0 aromatic carbocycles. The predicted molar refractivity (Wildman–Crippen MR) is 41.7 cm³/mol. The molecular formula is C5H12O5S. The summed E-state index contributed by atoms with van der Waals surface area (Å²) >= 11 is 3.42. The van der Waals surface area contributed by atoms with E-state index in [4.69, 9.17) is 20.4 Å². The van der Waals surface area contributed by atoms with Crippen LogP contribution in [0.3, 0.4) is 0 Å². The molecule has 0 unspecified atom stereocenters. The molecule has 0 spiro atoms. The molecule has 0 bridgehead atoms. The highest BCUT2D eigenvalue weighted by molar-refractivity contribution is 7.81. The van der Waals surface area contributed by atoms with Crippen LogP contribution in [0.5, 0.6) is 0 Å². The number of aliphatic hydroxyl groups is 3. The first-order valence-corrected chi connectivity index (χ1v) is 3.44. The topological polar surface area (TPSA) is 98.0 Å². The third kappa shape index (κ3) is 17.7. The summed E-state index contributed by atoms with van der Waals surface area (Å²) < 4.78 is 0. The van der Waals surface area contributed by atoms with E-state index >= 15 is 0 Å². The second kappa shape index (κ2) is 9.70. The van der Waals surface area contributed by atoms with Gasteiger partial charge in [0.05, 0.1) is 19.0 Å². The van der Waals surface area contributed by atoms with E-state index < -0.39 is 12.1 Å². The van der Waals surface area contributed by atoms with E-state index in [9.17, 15) is 4.79 Å². The minimum atomic E-state index is -0.954. The lowest BCUT2D eigenvalue weighted by atomic mass is 10.4. The summed E-state index contributed by atoms with van der Waals surface area (Å²) in [6.07, 6.45) is -0.954. The molecular weight excluding hydrogens is 172 g/mol. The van der Waals surface area contributed by atoms with Crippen molar-refractivity contribution < 1.29 is 25.2 Å². The Labute approximate surface area is 69.7 Å². The predicted octanol–water partition coefficient (Wildman–Crippen LogP) is -1.67. The molecule has 0 aliphatic rings. The molecule has 5 nitrogen and oxygen atoms in total. The average molecular weight is 184 g/mol. The Balaban J connectivity index is 0. The largest absolute Gasteiger partial charge is 0.481 e. The van der Waals surface area contributed by atoms with Gasteiger partial charge in [0.15, 0.2) is 0 Å². The van der Waals surface area contributed by atoms with Gasteiger partial charge in [-0.3, -0.25) is 4.79 Å². The molecule has 0 aromatic rings. The first-order valence-electron chi connectivity index (χ1n) is 2.80.